The molecule has 1 aromatic carbocycles. The van der Waals surface area contributed by atoms with Crippen molar-refractivity contribution in [2.24, 2.45) is 12.5 Å². The largest absolute Gasteiger partial charge is 0.460 e. The molecule has 2 aromatic heterocycles. The lowest BCUT2D eigenvalue weighted by molar-refractivity contribution is -0.154. The fraction of sp³-hybridized carbons (Fsp3) is 0.556. The number of ether oxygens (including phenoxy) is 1. The number of carbonyl (C=O) groups excluding carboxylic acids is 1. The number of rotatable bonds is 5. The van der Waals surface area contributed by atoms with Crippen LogP contribution in [0.3, 0.4) is 0 Å². The minimum atomic E-state index is -0.468. The molecule has 0 saturated carbocycles. The number of benzene rings is 1. The highest BCUT2D eigenvalue weighted by molar-refractivity contribution is 5.70. The molecule has 0 amide bonds. The van der Waals surface area contributed by atoms with E-state index in [0.717, 1.165) is 47.2 Å². The Hall–Kier alpha value is -2.96. The highest BCUT2D eigenvalue weighted by Gasteiger charge is 2.32. The fourth-order valence-electron chi connectivity index (χ4n) is 4.84. The third-order valence-corrected chi connectivity index (χ3v) is 6.55. The van der Waals surface area contributed by atoms with Gasteiger partial charge in [-0.25, -0.2) is 0 Å². The van der Waals surface area contributed by atoms with Crippen molar-refractivity contribution < 1.29 is 14.1 Å². The van der Waals surface area contributed by atoms with Crippen molar-refractivity contribution in [3.05, 3.63) is 40.1 Å². The quantitative estimate of drug-likeness (QED) is 0.461. The summed E-state index contributed by atoms with van der Waals surface area (Å²) in [5, 5.41) is 8.99. The van der Waals surface area contributed by atoms with Gasteiger partial charge in [0.15, 0.2) is 5.69 Å². The molecule has 0 radical (unpaired) electrons. The zero-order valence-corrected chi connectivity index (χ0v) is 21.7. The second-order valence-corrected chi connectivity index (χ2v) is 11.3. The van der Waals surface area contributed by atoms with Crippen LogP contribution in [0.15, 0.2) is 16.7 Å². The minimum absolute atomic E-state index is 0.180. The Morgan fingerprint density at radius 1 is 1.21 bits per heavy atom. The van der Waals surface area contributed by atoms with Crippen molar-refractivity contribution in [3.63, 3.8) is 0 Å². The normalized spacial score (nSPS) is 15.3. The molecule has 2 heterocycles. The molecule has 0 saturated heterocycles. The summed E-state index contributed by atoms with van der Waals surface area (Å²) in [4.78, 5) is 16.9. The highest BCUT2D eigenvalue weighted by atomic mass is 16.6. The van der Waals surface area contributed by atoms with Gasteiger partial charge in [-0.05, 0) is 94.5 Å². The van der Waals surface area contributed by atoms with Crippen LogP contribution in [0.4, 0.5) is 0 Å². The molecule has 0 bridgehead atoms. The van der Waals surface area contributed by atoms with Crippen LogP contribution in [0.5, 0.6) is 0 Å². The van der Waals surface area contributed by atoms with Gasteiger partial charge in [0.25, 0.3) is 5.89 Å². The third kappa shape index (κ3) is 5.08. The zero-order valence-electron chi connectivity index (χ0n) is 21.7. The van der Waals surface area contributed by atoms with Crippen LogP contribution < -0.4 is 0 Å². The second-order valence-electron chi connectivity index (χ2n) is 11.3. The lowest BCUT2D eigenvalue weighted by atomic mass is 9.76. The number of nitrogens with zero attached hydrogens (tertiary/aromatic N) is 4. The Bertz CT molecular complexity index is 1200. The minimum Gasteiger partial charge on any atom is -0.460 e. The zero-order chi connectivity index (χ0) is 24.8. The van der Waals surface area contributed by atoms with Crippen LogP contribution in [0, 0.1) is 19.3 Å². The average Bonchev–Trinajstić information content (AvgIpc) is 3.30. The number of hydrogen-bond acceptors (Lipinski definition) is 6. The molecule has 0 N–H and O–H groups in total. The van der Waals surface area contributed by atoms with Crippen molar-refractivity contribution in [2.45, 2.75) is 86.2 Å². The number of aromatic nitrogens is 4. The summed E-state index contributed by atoms with van der Waals surface area (Å²) in [6.07, 6.45) is 4.07. The fourth-order valence-corrected chi connectivity index (χ4v) is 4.84. The molecule has 3 aromatic rings. The first kappa shape index (κ1) is 24.2. The molecule has 1 aliphatic rings. The molecule has 1 aliphatic carbocycles. The van der Waals surface area contributed by atoms with Crippen molar-refractivity contribution in [3.8, 4) is 23.0 Å². The molecule has 7 nitrogen and oxygen atoms in total. The predicted octanol–water partition coefficient (Wildman–Crippen LogP) is 5.54. The third-order valence-electron chi connectivity index (χ3n) is 6.55. The maximum absolute atomic E-state index is 12.2. The van der Waals surface area contributed by atoms with Crippen LogP contribution in [0.25, 0.3) is 23.0 Å². The maximum atomic E-state index is 12.2. The van der Waals surface area contributed by atoms with E-state index in [0.29, 0.717) is 24.6 Å². The maximum Gasteiger partial charge on any atom is 0.306 e. The summed E-state index contributed by atoms with van der Waals surface area (Å²) in [7, 11) is 1.99. The van der Waals surface area contributed by atoms with E-state index in [2.05, 4.69) is 45.0 Å². The van der Waals surface area contributed by atoms with E-state index in [1.807, 2.05) is 32.5 Å². The Morgan fingerprint density at radius 2 is 1.88 bits per heavy atom. The summed E-state index contributed by atoms with van der Waals surface area (Å²) in [5.74, 6) is 0.839. The summed E-state index contributed by atoms with van der Waals surface area (Å²) in [5.41, 5.74) is 7.34. The van der Waals surface area contributed by atoms with Gasteiger partial charge < -0.3 is 9.26 Å². The van der Waals surface area contributed by atoms with E-state index in [1.165, 1.54) is 11.3 Å². The standard InChI is InChI=1S/C27H36N4O3/c1-16-13-18(14-17(2)19(16)9-10-22(32)33-26(3,4)5)24-28-25(34-30-24)23-20-11-12-27(6,7)15-21(20)31(8)29-23/h13-14H,9-12,15H2,1-8H3. The summed E-state index contributed by atoms with van der Waals surface area (Å²) in [6, 6.07) is 4.12. The topological polar surface area (TPSA) is 83.0 Å². The van der Waals surface area contributed by atoms with Gasteiger partial charge in [0, 0.05) is 30.3 Å². The molecular weight excluding hydrogens is 428 g/mol. The van der Waals surface area contributed by atoms with E-state index in [1.54, 1.807) is 0 Å². The average molecular weight is 465 g/mol. The number of fused-ring (bicyclic) bond motifs is 1. The first-order chi connectivity index (χ1) is 15.8. The molecule has 0 aliphatic heterocycles. The van der Waals surface area contributed by atoms with Crippen LogP contribution in [-0.4, -0.2) is 31.5 Å². The van der Waals surface area contributed by atoms with Gasteiger partial charge in [0.2, 0.25) is 5.82 Å². The van der Waals surface area contributed by atoms with Gasteiger partial charge >= 0.3 is 5.97 Å². The van der Waals surface area contributed by atoms with Crippen molar-refractivity contribution in [1.82, 2.24) is 19.9 Å². The number of hydrogen-bond donors (Lipinski definition) is 0. The van der Waals surface area contributed by atoms with Crippen molar-refractivity contribution in [2.75, 3.05) is 0 Å². The van der Waals surface area contributed by atoms with Gasteiger partial charge in [-0.2, -0.15) is 10.1 Å². The van der Waals surface area contributed by atoms with Crippen LogP contribution in [-0.2, 0) is 35.8 Å². The first-order valence-corrected chi connectivity index (χ1v) is 12.0. The number of aryl methyl sites for hydroxylation is 3. The Labute approximate surface area is 201 Å². The molecule has 34 heavy (non-hydrogen) atoms. The molecule has 0 atom stereocenters. The summed E-state index contributed by atoms with van der Waals surface area (Å²) < 4.78 is 13.1. The lowest BCUT2D eigenvalue weighted by Gasteiger charge is -2.29. The first-order valence-electron chi connectivity index (χ1n) is 12.0. The summed E-state index contributed by atoms with van der Waals surface area (Å²) >= 11 is 0. The molecule has 0 spiro atoms. The van der Waals surface area contributed by atoms with E-state index < -0.39 is 5.60 Å². The van der Waals surface area contributed by atoms with E-state index in [-0.39, 0.29) is 11.4 Å². The number of carbonyl (C=O) groups is 1. The van der Waals surface area contributed by atoms with Crippen LogP contribution in [0.1, 0.15) is 75.4 Å². The molecule has 4 rings (SSSR count). The predicted molar refractivity (Wildman–Crippen MR) is 131 cm³/mol. The molecular formula is C27H36N4O3. The molecule has 0 fully saturated rings. The SMILES string of the molecule is Cc1cc(-c2noc(-c3nn(C)c4c3CCC(C)(C)C4)n2)cc(C)c1CCC(=O)OC(C)(C)C. The number of esters is 1. The summed E-state index contributed by atoms with van der Waals surface area (Å²) in [6.45, 7) is 14.4. The van der Waals surface area contributed by atoms with Crippen LogP contribution in [0.2, 0.25) is 0 Å². The van der Waals surface area contributed by atoms with Crippen molar-refractivity contribution >= 4 is 5.97 Å². The Balaban J connectivity index is 1.55. The van der Waals surface area contributed by atoms with E-state index in [4.69, 9.17) is 19.3 Å². The van der Waals surface area contributed by atoms with E-state index in [9.17, 15) is 4.79 Å². The van der Waals surface area contributed by atoms with Gasteiger partial charge in [-0.15, -0.1) is 0 Å². The highest BCUT2D eigenvalue weighted by Crippen LogP contribution is 2.38. The van der Waals surface area contributed by atoms with Gasteiger partial charge in [-0.1, -0.05) is 19.0 Å². The smallest absolute Gasteiger partial charge is 0.306 e. The van der Waals surface area contributed by atoms with Gasteiger partial charge in [-0.3, -0.25) is 9.48 Å². The van der Waals surface area contributed by atoms with Crippen molar-refractivity contribution in [1.29, 1.82) is 0 Å². The van der Waals surface area contributed by atoms with Gasteiger partial charge in [0.05, 0.1) is 0 Å². The molecule has 7 heteroatoms. The van der Waals surface area contributed by atoms with Gasteiger partial charge in [0.1, 0.15) is 5.60 Å². The van der Waals surface area contributed by atoms with Crippen LogP contribution >= 0.6 is 0 Å². The van der Waals surface area contributed by atoms with E-state index >= 15 is 0 Å². The second kappa shape index (κ2) is 8.67. The lowest BCUT2D eigenvalue weighted by Crippen LogP contribution is -2.24. The monoisotopic (exact) mass is 464 g/mol. The Kier molecular flexibility index (Phi) is 6.17. The molecule has 182 valence electrons. The Morgan fingerprint density at radius 3 is 2.53 bits per heavy atom. The molecule has 0 unspecified atom stereocenters.